The van der Waals surface area contributed by atoms with Crippen molar-refractivity contribution in [2.75, 3.05) is 13.1 Å². The Labute approximate surface area is 113 Å². The Morgan fingerprint density at radius 1 is 1.26 bits per heavy atom. The van der Waals surface area contributed by atoms with Crippen LogP contribution in [0.5, 0.6) is 0 Å². The van der Waals surface area contributed by atoms with Crippen LogP contribution in [0.4, 0.5) is 4.79 Å². The molecule has 0 saturated heterocycles. The first-order chi connectivity index (χ1) is 9.10. The first kappa shape index (κ1) is 13.7. The van der Waals surface area contributed by atoms with Crippen molar-refractivity contribution in [2.24, 2.45) is 11.8 Å². The van der Waals surface area contributed by atoms with Gasteiger partial charge in [-0.25, -0.2) is 9.59 Å². The first-order valence-electron chi connectivity index (χ1n) is 6.82. The molecule has 0 aromatic carbocycles. The smallest absolute Gasteiger partial charge is 0.327 e. The number of carbonyl (C=O) groups is 2. The van der Waals surface area contributed by atoms with Gasteiger partial charge in [0.1, 0.15) is 6.04 Å². The highest BCUT2D eigenvalue weighted by Crippen LogP contribution is 2.33. The minimum absolute atomic E-state index is 0.0156. The molecular weight excluding hydrogens is 244 g/mol. The lowest BCUT2D eigenvalue weighted by Crippen LogP contribution is -2.49. The van der Waals surface area contributed by atoms with Crippen LogP contribution in [0.2, 0.25) is 0 Å². The fourth-order valence-corrected chi connectivity index (χ4v) is 2.02. The second-order valence-corrected chi connectivity index (χ2v) is 5.54. The number of nitrogens with zero attached hydrogens (tertiary/aromatic N) is 1. The highest BCUT2D eigenvalue weighted by Gasteiger charge is 2.32. The minimum Gasteiger partial charge on any atom is -0.480 e. The van der Waals surface area contributed by atoms with E-state index in [1.807, 2.05) is 0 Å². The zero-order valence-corrected chi connectivity index (χ0v) is 11.0. The molecule has 0 bridgehead atoms. The van der Waals surface area contributed by atoms with Gasteiger partial charge in [0.05, 0.1) is 0 Å². The van der Waals surface area contributed by atoms with Gasteiger partial charge in [0, 0.05) is 19.5 Å². The van der Waals surface area contributed by atoms with E-state index in [4.69, 9.17) is 11.5 Å². The molecule has 1 unspecified atom stereocenters. The van der Waals surface area contributed by atoms with E-state index in [-0.39, 0.29) is 12.5 Å². The zero-order chi connectivity index (χ0) is 13.8. The van der Waals surface area contributed by atoms with Crippen molar-refractivity contribution in [2.45, 2.75) is 38.1 Å². The maximum absolute atomic E-state index is 12.1. The van der Waals surface area contributed by atoms with E-state index < -0.39 is 12.0 Å². The number of rotatable bonds is 7. The van der Waals surface area contributed by atoms with Crippen molar-refractivity contribution < 1.29 is 14.7 Å². The van der Waals surface area contributed by atoms with Crippen LogP contribution in [0, 0.1) is 24.2 Å². The summed E-state index contributed by atoms with van der Waals surface area (Å²) in [5.74, 6) is 2.40. The molecule has 1 atom stereocenters. The van der Waals surface area contributed by atoms with Crippen molar-refractivity contribution in [3.05, 3.63) is 0 Å². The Hall–Kier alpha value is -1.70. The number of carboxylic acids is 1. The summed E-state index contributed by atoms with van der Waals surface area (Å²) in [4.78, 5) is 24.9. The van der Waals surface area contributed by atoms with E-state index in [1.165, 1.54) is 25.7 Å². The average Bonchev–Trinajstić information content (AvgIpc) is 3.22. The molecule has 2 fully saturated rings. The average molecular weight is 264 g/mol. The summed E-state index contributed by atoms with van der Waals surface area (Å²) in [6.07, 6.45) is 9.81. The fourth-order valence-electron chi connectivity index (χ4n) is 2.02. The van der Waals surface area contributed by atoms with Crippen LogP contribution in [0.15, 0.2) is 0 Å². The maximum Gasteiger partial charge on any atom is 0.327 e. The summed E-state index contributed by atoms with van der Waals surface area (Å²) in [5.41, 5.74) is 0. The number of urea groups is 1. The summed E-state index contributed by atoms with van der Waals surface area (Å²) in [5, 5.41) is 11.5. The molecule has 0 heterocycles. The predicted molar refractivity (Wildman–Crippen MR) is 70.4 cm³/mol. The molecule has 0 aromatic rings. The van der Waals surface area contributed by atoms with Crippen LogP contribution in [-0.2, 0) is 4.79 Å². The molecule has 0 spiro atoms. The van der Waals surface area contributed by atoms with Crippen LogP contribution in [0.1, 0.15) is 32.1 Å². The molecule has 2 aliphatic carbocycles. The molecule has 2 rings (SSSR count). The van der Waals surface area contributed by atoms with E-state index >= 15 is 0 Å². The number of carboxylic acid groups (broad SMARTS) is 1. The van der Waals surface area contributed by atoms with Gasteiger partial charge in [0.25, 0.3) is 0 Å². The van der Waals surface area contributed by atoms with Crippen LogP contribution < -0.4 is 5.32 Å². The van der Waals surface area contributed by atoms with Crippen molar-refractivity contribution in [3.63, 3.8) is 0 Å². The normalized spacial score (nSPS) is 19.3. The molecule has 0 aliphatic heterocycles. The molecule has 5 heteroatoms. The lowest BCUT2D eigenvalue weighted by molar-refractivity contribution is -0.139. The van der Waals surface area contributed by atoms with E-state index in [9.17, 15) is 9.59 Å². The van der Waals surface area contributed by atoms with Crippen LogP contribution in [0.3, 0.4) is 0 Å². The van der Waals surface area contributed by atoms with E-state index in [0.717, 1.165) is 13.1 Å². The van der Waals surface area contributed by atoms with Gasteiger partial charge >= 0.3 is 12.0 Å². The summed E-state index contributed by atoms with van der Waals surface area (Å²) >= 11 is 0. The van der Waals surface area contributed by atoms with E-state index in [0.29, 0.717) is 11.8 Å². The Balaban J connectivity index is 1.88. The molecule has 5 nitrogen and oxygen atoms in total. The number of nitrogens with one attached hydrogen (secondary N) is 1. The molecule has 0 radical (unpaired) electrons. The van der Waals surface area contributed by atoms with Crippen molar-refractivity contribution in [3.8, 4) is 12.3 Å². The molecular formula is C14H20N2O3. The highest BCUT2D eigenvalue weighted by atomic mass is 16.4. The lowest BCUT2D eigenvalue weighted by atomic mass is 10.2. The number of hydrogen-bond donors (Lipinski definition) is 2. The Morgan fingerprint density at radius 3 is 2.16 bits per heavy atom. The summed E-state index contributed by atoms with van der Waals surface area (Å²) in [7, 11) is 0. The van der Waals surface area contributed by atoms with E-state index in [1.54, 1.807) is 4.90 Å². The van der Waals surface area contributed by atoms with Gasteiger partial charge in [0.15, 0.2) is 0 Å². The second-order valence-electron chi connectivity index (χ2n) is 5.54. The topological polar surface area (TPSA) is 69.6 Å². The largest absolute Gasteiger partial charge is 0.480 e. The fraction of sp³-hybridized carbons (Fsp3) is 0.714. The summed E-state index contributed by atoms with van der Waals surface area (Å²) in [6.45, 7) is 1.48. The van der Waals surface area contributed by atoms with Crippen LogP contribution >= 0.6 is 0 Å². The quantitative estimate of drug-likeness (QED) is 0.681. The van der Waals surface area contributed by atoms with Crippen molar-refractivity contribution in [1.29, 1.82) is 0 Å². The number of carbonyl (C=O) groups excluding carboxylic acids is 1. The number of aliphatic carboxylic acids is 1. The SMILES string of the molecule is C#CCC(NC(=O)N(CC1CC1)CC1CC1)C(=O)O. The van der Waals surface area contributed by atoms with Gasteiger partial charge in [-0.05, 0) is 37.5 Å². The van der Waals surface area contributed by atoms with E-state index in [2.05, 4.69) is 11.2 Å². The van der Waals surface area contributed by atoms with Crippen LogP contribution in [-0.4, -0.2) is 41.1 Å². The molecule has 19 heavy (non-hydrogen) atoms. The number of hydrogen-bond acceptors (Lipinski definition) is 2. The number of amides is 2. The van der Waals surface area contributed by atoms with Crippen molar-refractivity contribution in [1.82, 2.24) is 10.2 Å². The maximum atomic E-state index is 12.1. The zero-order valence-electron chi connectivity index (χ0n) is 11.0. The molecule has 104 valence electrons. The monoisotopic (exact) mass is 264 g/mol. The van der Waals surface area contributed by atoms with Gasteiger partial charge in [-0.1, -0.05) is 0 Å². The minimum atomic E-state index is -1.08. The van der Waals surface area contributed by atoms with Gasteiger partial charge in [0.2, 0.25) is 0 Å². The first-order valence-corrected chi connectivity index (χ1v) is 6.82. The Kier molecular flexibility index (Phi) is 4.31. The highest BCUT2D eigenvalue weighted by molar-refractivity contribution is 5.82. The van der Waals surface area contributed by atoms with Gasteiger partial charge in [-0.3, -0.25) is 0 Å². The molecule has 2 N–H and O–H groups in total. The third-order valence-corrected chi connectivity index (χ3v) is 3.56. The third-order valence-electron chi connectivity index (χ3n) is 3.56. The van der Waals surface area contributed by atoms with Gasteiger partial charge < -0.3 is 15.3 Å². The molecule has 0 aromatic heterocycles. The Bertz CT molecular complexity index is 380. The van der Waals surface area contributed by atoms with Crippen LogP contribution in [0.25, 0.3) is 0 Å². The Morgan fingerprint density at radius 2 is 1.79 bits per heavy atom. The van der Waals surface area contributed by atoms with Gasteiger partial charge in [-0.15, -0.1) is 12.3 Å². The second kappa shape index (κ2) is 5.96. The summed E-state index contributed by atoms with van der Waals surface area (Å²) < 4.78 is 0. The molecule has 2 amide bonds. The molecule has 2 aliphatic rings. The number of terminal acetylenes is 1. The standard InChI is InChI=1S/C14H20N2O3/c1-2-3-12(13(17)18)15-14(19)16(8-10-4-5-10)9-11-6-7-11/h1,10-12H,3-9H2,(H,15,19)(H,17,18). The molecule has 2 saturated carbocycles. The third kappa shape index (κ3) is 4.47. The van der Waals surface area contributed by atoms with Crippen molar-refractivity contribution >= 4 is 12.0 Å². The lowest BCUT2D eigenvalue weighted by Gasteiger charge is -2.24. The van der Waals surface area contributed by atoms with Gasteiger partial charge in [-0.2, -0.15) is 0 Å². The summed E-state index contributed by atoms with van der Waals surface area (Å²) in [6, 6.07) is -1.28. The predicted octanol–water partition coefficient (Wildman–Crippen LogP) is 1.29.